The Bertz CT molecular complexity index is 1240. The van der Waals surface area contributed by atoms with Gasteiger partial charge in [-0.25, -0.2) is 4.39 Å². The van der Waals surface area contributed by atoms with Crippen LogP contribution in [0.5, 0.6) is 28.7 Å². The Labute approximate surface area is 203 Å². The van der Waals surface area contributed by atoms with Gasteiger partial charge in [-0.1, -0.05) is 24.3 Å². The SMILES string of the molecule is COc1cc(N/C=C\C(=O)c2cccc(F)c2)c(/C=C\c2cc(OC)c(OC)c(OC)c2)cc1O. The van der Waals surface area contributed by atoms with Gasteiger partial charge < -0.3 is 29.4 Å². The second-order valence-electron chi connectivity index (χ2n) is 7.26. The van der Waals surface area contributed by atoms with E-state index in [1.54, 1.807) is 30.4 Å². The van der Waals surface area contributed by atoms with Crippen molar-refractivity contribution in [2.75, 3.05) is 33.8 Å². The molecule has 0 aromatic heterocycles. The highest BCUT2D eigenvalue weighted by Crippen LogP contribution is 2.39. The molecule has 0 bridgehead atoms. The normalized spacial score (nSPS) is 11.0. The number of nitrogens with one attached hydrogen (secondary N) is 1. The number of ketones is 1. The fourth-order valence-corrected chi connectivity index (χ4v) is 3.34. The van der Waals surface area contributed by atoms with Crippen LogP contribution in [0.3, 0.4) is 0 Å². The molecule has 0 atom stereocenters. The molecule has 7 nitrogen and oxygen atoms in total. The number of methoxy groups -OCH3 is 4. The van der Waals surface area contributed by atoms with Gasteiger partial charge in [0.05, 0.1) is 28.4 Å². The first kappa shape index (κ1) is 25.2. The summed E-state index contributed by atoms with van der Waals surface area (Å²) in [5, 5.41) is 13.3. The van der Waals surface area contributed by atoms with Gasteiger partial charge in [0.2, 0.25) is 5.75 Å². The second-order valence-corrected chi connectivity index (χ2v) is 7.26. The van der Waals surface area contributed by atoms with Crippen LogP contribution in [-0.2, 0) is 0 Å². The van der Waals surface area contributed by atoms with E-state index in [2.05, 4.69) is 5.32 Å². The zero-order valence-electron chi connectivity index (χ0n) is 19.8. The van der Waals surface area contributed by atoms with Gasteiger partial charge in [-0.2, -0.15) is 0 Å². The molecule has 3 aromatic rings. The van der Waals surface area contributed by atoms with Gasteiger partial charge in [-0.3, -0.25) is 4.79 Å². The summed E-state index contributed by atoms with van der Waals surface area (Å²) in [5.74, 6) is 0.828. The Kier molecular flexibility index (Phi) is 8.34. The maximum absolute atomic E-state index is 13.4. The number of aromatic hydroxyl groups is 1. The minimum atomic E-state index is -0.486. The van der Waals surface area contributed by atoms with E-state index in [1.165, 1.54) is 71.0 Å². The van der Waals surface area contributed by atoms with Crippen molar-refractivity contribution in [3.8, 4) is 28.7 Å². The molecule has 0 aliphatic carbocycles. The van der Waals surface area contributed by atoms with E-state index in [-0.39, 0.29) is 22.8 Å². The quantitative estimate of drug-likeness (QED) is 0.171. The number of anilines is 1. The van der Waals surface area contributed by atoms with Gasteiger partial charge >= 0.3 is 0 Å². The van der Waals surface area contributed by atoms with Crippen LogP contribution in [0, 0.1) is 5.82 Å². The number of carbonyl (C=O) groups excluding carboxylic acids is 1. The topological polar surface area (TPSA) is 86.3 Å². The number of hydrogen-bond acceptors (Lipinski definition) is 7. The summed E-state index contributed by atoms with van der Waals surface area (Å²) in [6, 6.07) is 12.1. The summed E-state index contributed by atoms with van der Waals surface area (Å²) in [6.07, 6.45) is 6.31. The number of benzene rings is 3. The fraction of sp³-hybridized carbons (Fsp3) is 0.148. The average molecular weight is 480 g/mol. The van der Waals surface area contributed by atoms with Gasteiger partial charge in [0, 0.05) is 35.2 Å². The van der Waals surface area contributed by atoms with Crippen LogP contribution in [0.1, 0.15) is 21.5 Å². The number of halogens is 1. The molecule has 0 aliphatic heterocycles. The fourth-order valence-electron chi connectivity index (χ4n) is 3.34. The zero-order chi connectivity index (χ0) is 25.4. The third kappa shape index (κ3) is 6.11. The maximum Gasteiger partial charge on any atom is 0.203 e. The third-order valence-electron chi connectivity index (χ3n) is 5.08. The van der Waals surface area contributed by atoms with Crippen molar-refractivity contribution in [3.05, 3.63) is 83.3 Å². The molecule has 0 unspecified atom stereocenters. The molecule has 0 amide bonds. The van der Waals surface area contributed by atoms with Gasteiger partial charge in [0.1, 0.15) is 5.82 Å². The van der Waals surface area contributed by atoms with Crippen LogP contribution in [0.2, 0.25) is 0 Å². The summed E-state index contributed by atoms with van der Waals surface area (Å²) in [5.41, 5.74) is 2.16. The summed E-state index contributed by atoms with van der Waals surface area (Å²) in [7, 11) is 6.03. The van der Waals surface area contributed by atoms with Crippen LogP contribution in [-0.4, -0.2) is 39.3 Å². The monoisotopic (exact) mass is 479 g/mol. The molecule has 3 aromatic carbocycles. The molecule has 182 valence electrons. The summed E-state index contributed by atoms with van der Waals surface area (Å²) >= 11 is 0. The van der Waals surface area contributed by atoms with E-state index in [4.69, 9.17) is 18.9 Å². The van der Waals surface area contributed by atoms with E-state index in [9.17, 15) is 14.3 Å². The third-order valence-corrected chi connectivity index (χ3v) is 5.08. The van der Waals surface area contributed by atoms with E-state index in [1.807, 2.05) is 0 Å². The van der Waals surface area contributed by atoms with E-state index >= 15 is 0 Å². The number of rotatable bonds is 10. The molecule has 0 radical (unpaired) electrons. The predicted octanol–water partition coefficient (Wildman–Crippen LogP) is 5.54. The van der Waals surface area contributed by atoms with E-state index in [0.717, 1.165) is 5.56 Å². The van der Waals surface area contributed by atoms with Crippen LogP contribution in [0.4, 0.5) is 10.1 Å². The molecule has 8 heteroatoms. The lowest BCUT2D eigenvalue weighted by molar-refractivity contribution is 0.104. The van der Waals surface area contributed by atoms with Crippen LogP contribution in [0.25, 0.3) is 12.2 Å². The number of phenols is 1. The van der Waals surface area contributed by atoms with E-state index in [0.29, 0.717) is 28.5 Å². The first-order valence-electron chi connectivity index (χ1n) is 10.5. The molecular formula is C27H26FNO6. The minimum absolute atomic E-state index is 0.0533. The summed E-state index contributed by atoms with van der Waals surface area (Å²) in [6.45, 7) is 0. The number of ether oxygens (including phenoxy) is 4. The van der Waals surface area contributed by atoms with Gasteiger partial charge in [-0.15, -0.1) is 0 Å². The van der Waals surface area contributed by atoms with Crippen molar-refractivity contribution >= 4 is 23.6 Å². The van der Waals surface area contributed by atoms with Crippen molar-refractivity contribution in [2.24, 2.45) is 0 Å². The standard InChI is InChI=1S/C27H26FNO6/c1-32-24-16-21(29-11-10-22(30)19-6-5-7-20(28)14-19)18(15-23(24)31)9-8-17-12-25(33-2)27(35-4)26(13-17)34-3/h5-16,29,31H,1-4H3/b9-8-,11-10-. The van der Waals surface area contributed by atoms with Gasteiger partial charge in [0.15, 0.2) is 28.8 Å². The molecule has 3 rings (SSSR count). The molecule has 35 heavy (non-hydrogen) atoms. The van der Waals surface area contributed by atoms with Crippen molar-refractivity contribution in [1.29, 1.82) is 0 Å². The Balaban J connectivity index is 1.91. The molecule has 2 N–H and O–H groups in total. The number of phenolic OH excluding ortho intramolecular Hbond substituents is 1. The molecule has 0 aliphatic rings. The van der Waals surface area contributed by atoms with E-state index < -0.39 is 5.82 Å². The average Bonchev–Trinajstić information content (AvgIpc) is 2.87. The van der Waals surface area contributed by atoms with Crippen molar-refractivity contribution in [3.63, 3.8) is 0 Å². The molecule has 0 spiro atoms. The Hall–Kier alpha value is -4.46. The van der Waals surface area contributed by atoms with Crippen molar-refractivity contribution in [2.45, 2.75) is 0 Å². The van der Waals surface area contributed by atoms with Crippen LogP contribution >= 0.6 is 0 Å². The zero-order valence-corrected chi connectivity index (χ0v) is 19.8. The highest BCUT2D eigenvalue weighted by molar-refractivity contribution is 6.04. The molecule has 0 fully saturated rings. The van der Waals surface area contributed by atoms with Gasteiger partial charge in [0.25, 0.3) is 0 Å². The Morgan fingerprint density at radius 1 is 0.886 bits per heavy atom. The highest BCUT2D eigenvalue weighted by atomic mass is 19.1. The van der Waals surface area contributed by atoms with Crippen LogP contribution < -0.4 is 24.3 Å². The van der Waals surface area contributed by atoms with Crippen molar-refractivity contribution < 1.29 is 33.2 Å². The largest absolute Gasteiger partial charge is 0.504 e. The Morgan fingerprint density at radius 3 is 2.17 bits per heavy atom. The molecular weight excluding hydrogens is 453 g/mol. The number of carbonyl (C=O) groups is 1. The van der Waals surface area contributed by atoms with Crippen molar-refractivity contribution in [1.82, 2.24) is 0 Å². The lowest BCUT2D eigenvalue weighted by atomic mass is 10.1. The maximum atomic E-state index is 13.4. The summed E-state index contributed by atoms with van der Waals surface area (Å²) in [4.78, 5) is 12.3. The molecule has 0 saturated carbocycles. The lowest BCUT2D eigenvalue weighted by Crippen LogP contribution is -1.98. The Morgan fingerprint density at radius 2 is 1.57 bits per heavy atom. The van der Waals surface area contributed by atoms with Gasteiger partial charge in [-0.05, 0) is 35.9 Å². The number of allylic oxidation sites excluding steroid dienone is 1. The number of hydrogen-bond donors (Lipinski definition) is 2. The second kappa shape index (κ2) is 11.6. The molecule has 0 heterocycles. The van der Waals surface area contributed by atoms with Crippen LogP contribution in [0.15, 0.2) is 60.8 Å². The summed E-state index contributed by atoms with van der Waals surface area (Å²) < 4.78 is 34.7. The minimum Gasteiger partial charge on any atom is -0.504 e. The smallest absolute Gasteiger partial charge is 0.203 e. The highest BCUT2D eigenvalue weighted by Gasteiger charge is 2.13. The lowest BCUT2D eigenvalue weighted by Gasteiger charge is -2.13. The predicted molar refractivity (Wildman–Crippen MR) is 133 cm³/mol. The first-order valence-corrected chi connectivity index (χ1v) is 10.5. The first-order chi connectivity index (χ1) is 16.9. The molecule has 0 saturated heterocycles.